The van der Waals surface area contributed by atoms with E-state index in [1.807, 2.05) is 32.9 Å². The van der Waals surface area contributed by atoms with E-state index in [4.69, 9.17) is 9.94 Å². The van der Waals surface area contributed by atoms with Crippen LogP contribution in [-0.2, 0) is 25.7 Å². The van der Waals surface area contributed by atoms with Gasteiger partial charge in [0.2, 0.25) is 11.8 Å². The van der Waals surface area contributed by atoms with E-state index in [-0.39, 0.29) is 18.9 Å². The van der Waals surface area contributed by atoms with Crippen molar-refractivity contribution in [2.75, 3.05) is 11.9 Å². The second kappa shape index (κ2) is 13.7. The Labute approximate surface area is 183 Å². The lowest BCUT2D eigenvalue weighted by molar-refractivity contribution is -0.142. The number of carboxylic acids is 1. The summed E-state index contributed by atoms with van der Waals surface area (Å²) in [7, 11) is 0. The Morgan fingerprint density at radius 1 is 1.03 bits per heavy atom. The zero-order valence-corrected chi connectivity index (χ0v) is 18.6. The van der Waals surface area contributed by atoms with Crippen molar-refractivity contribution in [3.8, 4) is 0 Å². The predicted octanol–water partition coefficient (Wildman–Crippen LogP) is 2.83. The molecule has 9 nitrogen and oxygen atoms in total. The number of hydrogen-bond donors (Lipinski definition) is 5. The van der Waals surface area contributed by atoms with Crippen LogP contribution in [0.3, 0.4) is 0 Å². The van der Waals surface area contributed by atoms with E-state index in [1.165, 1.54) is 0 Å². The van der Waals surface area contributed by atoms with Crippen LogP contribution in [-0.4, -0.2) is 46.3 Å². The summed E-state index contributed by atoms with van der Waals surface area (Å²) in [4.78, 5) is 34.5. The van der Waals surface area contributed by atoms with Crippen molar-refractivity contribution in [3.05, 3.63) is 29.8 Å². The van der Waals surface area contributed by atoms with Crippen LogP contribution in [0.5, 0.6) is 0 Å². The molecule has 0 aliphatic carbocycles. The van der Waals surface area contributed by atoms with Crippen molar-refractivity contribution in [2.24, 2.45) is 0 Å². The molecule has 31 heavy (non-hydrogen) atoms. The first kappa shape index (κ1) is 26.5. The number of hydroxylamine groups is 1. The molecule has 0 aromatic heterocycles. The van der Waals surface area contributed by atoms with E-state index >= 15 is 0 Å². The van der Waals surface area contributed by atoms with Gasteiger partial charge < -0.3 is 15.2 Å². The van der Waals surface area contributed by atoms with Crippen molar-refractivity contribution in [1.82, 2.24) is 10.8 Å². The molecule has 0 fully saturated rings. The fourth-order valence-electron chi connectivity index (χ4n) is 2.76. The van der Waals surface area contributed by atoms with E-state index in [2.05, 4.69) is 10.6 Å². The summed E-state index contributed by atoms with van der Waals surface area (Å²) in [6.45, 7) is 5.99. The summed E-state index contributed by atoms with van der Waals surface area (Å²) in [5.41, 5.74) is 2.68. The maximum atomic E-state index is 12.1. The third kappa shape index (κ3) is 12.7. The number of amides is 2. The van der Waals surface area contributed by atoms with Gasteiger partial charge in [-0.15, -0.1) is 0 Å². The van der Waals surface area contributed by atoms with Crippen molar-refractivity contribution < 1.29 is 29.4 Å². The summed E-state index contributed by atoms with van der Waals surface area (Å²) in [6, 6.07) is 6.42. The number of ether oxygens (including phenoxy) is 1. The second-order valence-corrected chi connectivity index (χ2v) is 8.39. The molecule has 1 aromatic rings. The highest BCUT2D eigenvalue weighted by molar-refractivity contribution is 5.90. The van der Waals surface area contributed by atoms with Gasteiger partial charge in [-0.2, -0.15) is 0 Å². The Balaban J connectivity index is 2.40. The molecule has 9 heteroatoms. The van der Waals surface area contributed by atoms with E-state index in [1.54, 1.807) is 17.6 Å². The van der Waals surface area contributed by atoms with Gasteiger partial charge in [-0.1, -0.05) is 25.0 Å². The number of rotatable bonds is 14. The fraction of sp³-hybridized carbons (Fsp3) is 0.591. The summed E-state index contributed by atoms with van der Waals surface area (Å²) in [5.74, 6) is -1.48. The third-order valence-electron chi connectivity index (χ3n) is 4.43. The largest absolute Gasteiger partial charge is 0.480 e. The maximum absolute atomic E-state index is 12.1. The van der Waals surface area contributed by atoms with Crippen molar-refractivity contribution in [3.63, 3.8) is 0 Å². The minimum absolute atomic E-state index is 0.0555. The predicted molar refractivity (Wildman–Crippen MR) is 117 cm³/mol. The van der Waals surface area contributed by atoms with Gasteiger partial charge in [-0.05, 0) is 51.3 Å². The molecule has 0 heterocycles. The van der Waals surface area contributed by atoms with Gasteiger partial charge in [0, 0.05) is 25.1 Å². The van der Waals surface area contributed by atoms with E-state index in [0.29, 0.717) is 31.5 Å². The number of nitrogens with one attached hydrogen (secondary N) is 3. The lowest BCUT2D eigenvalue weighted by Crippen LogP contribution is -2.42. The molecule has 0 saturated carbocycles. The number of unbranched alkanes of at least 4 members (excludes halogenated alkanes) is 3. The van der Waals surface area contributed by atoms with Gasteiger partial charge in [0.1, 0.15) is 6.04 Å². The van der Waals surface area contributed by atoms with E-state index in [9.17, 15) is 19.5 Å². The average molecular weight is 438 g/mol. The van der Waals surface area contributed by atoms with Crippen molar-refractivity contribution in [1.29, 1.82) is 0 Å². The Morgan fingerprint density at radius 2 is 1.68 bits per heavy atom. The molecule has 1 aromatic carbocycles. The molecule has 174 valence electrons. The van der Waals surface area contributed by atoms with Gasteiger partial charge in [-0.25, -0.2) is 5.48 Å². The van der Waals surface area contributed by atoms with E-state index in [0.717, 1.165) is 18.4 Å². The van der Waals surface area contributed by atoms with E-state index < -0.39 is 23.5 Å². The number of anilines is 1. The molecule has 0 spiro atoms. The molecule has 0 unspecified atom stereocenters. The number of carbonyl (C=O) groups excluding carboxylic acids is 2. The third-order valence-corrected chi connectivity index (χ3v) is 4.43. The number of benzene rings is 1. The van der Waals surface area contributed by atoms with Crippen LogP contribution in [0.15, 0.2) is 24.3 Å². The summed E-state index contributed by atoms with van der Waals surface area (Å²) >= 11 is 0. The summed E-state index contributed by atoms with van der Waals surface area (Å²) < 4.78 is 5.57. The number of hydrogen-bond acceptors (Lipinski definition) is 6. The molecular weight excluding hydrogens is 402 g/mol. The lowest BCUT2D eigenvalue weighted by Gasteiger charge is -2.23. The molecule has 0 radical (unpaired) electrons. The minimum atomic E-state index is -0.981. The normalized spacial score (nSPS) is 12.3. The molecule has 0 bridgehead atoms. The first-order chi connectivity index (χ1) is 14.6. The first-order valence-corrected chi connectivity index (χ1v) is 10.5. The van der Waals surface area contributed by atoms with Crippen LogP contribution in [0, 0.1) is 0 Å². The Bertz CT molecular complexity index is 717. The summed E-state index contributed by atoms with van der Waals surface area (Å²) in [6.07, 6.45) is 3.66. The zero-order chi connectivity index (χ0) is 23.3. The van der Waals surface area contributed by atoms with Crippen LogP contribution >= 0.6 is 0 Å². The fourth-order valence-corrected chi connectivity index (χ4v) is 2.76. The van der Waals surface area contributed by atoms with Gasteiger partial charge in [-0.3, -0.25) is 24.9 Å². The van der Waals surface area contributed by atoms with Crippen LogP contribution < -0.4 is 16.1 Å². The average Bonchev–Trinajstić information content (AvgIpc) is 2.69. The Morgan fingerprint density at radius 3 is 2.26 bits per heavy atom. The van der Waals surface area contributed by atoms with Crippen LogP contribution in [0.4, 0.5) is 5.69 Å². The standard InChI is InChI=1S/C22H35N3O6/c1-22(2,3)31-15-18(21(28)29)23-14-16-9-8-10-17(13-16)24-19(26)11-6-4-5-7-12-20(27)25-30/h8-10,13,18,23,30H,4-7,11-12,14-15H2,1-3H3,(H,24,26)(H,25,27)(H,28,29)/t18-/m0/s1. The van der Waals surface area contributed by atoms with Crippen LogP contribution in [0.25, 0.3) is 0 Å². The van der Waals surface area contributed by atoms with Crippen LogP contribution in [0.2, 0.25) is 0 Å². The monoisotopic (exact) mass is 437 g/mol. The Kier molecular flexibility index (Phi) is 11.8. The topological polar surface area (TPSA) is 137 Å². The highest BCUT2D eigenvalue weighted by atomic mass is 16.5. The van der Waals surface area contributed by atoms with Gasteiger partial charge in [0.15, 0.2) is 0 Å². The maximum Gasteiger partial charge on any atom is 0.323 e. The summed E-state index contributed by atoms with van der Waals surface area (Å²) in [5, 5.41) is 23.6. The molecule has 0 aliphatic heterocycles. The molecule has 5 N–H and O–H groups in total. The highest BCUT2D eigenvalue weighted by Crippen LogP contribution is 2.13. The van der Waals surface area contributed by atoms with Gasteiger partial charge >= 0.3 is 5.97 Å². The SMILES string of the molecule is CC(C)(C)OC[C@H](NCc1cccc(NC(=O)CCCCCCC(=O)NO)c1)C(=O)O. The first-order valence-electron chi connectivity index (χ1n) is 10.5. The molecule has 2 amide bonds. The van der Waals surface area contributed by atoms with Crippen LogP contribution in [0.1, 0.15) is 64.9 Å². The molecule has 1 atom stereocenters. The highest BCUT2D eigenvalue weighted by Gasteiger charge is 2.20. The number of carbonyl (C=O) groups is 3. The molecule has 0 saturated heterocycles. The quantitative estimate of drug-likeness (QED) is 0.171. The minimum Gasteiger partial charge on any atom is -0.480 e. The van der Waals surface area contributed by atoms with Crippen molar-refractivity contribution >= 4 is 23.5 Å². The zero-order valence-electron chi connectivity index (χ0n) is 18.6. The van der Waals surface area contributed by atoms with Gasteiger partial charge in [0.05, 0.1) is 12.2 Å². The van der Waals surface area contributed by atoms with Gasteiger partial charge in [0.25, 0.3) is 0 Å². The Hall–Kier alpha value is -2.49. The number of aliphatic carboxylic acids is 1. The number of carboxylic acid groups (broad SMARTS) is 1. The smallest absolute Gasteiger partial charge is 0.323 e. The molecular formula is C22H35N3O6. The molecule has 1 rings (SSSR count). The van der Waals surface area contributed by atoms with Crippen molar-refractivity contribution in [2.45, 2.75) is 77.5 Å². The molecule has 0 aliphatic rings. The second-order valence-electron chi connectivity index (χ2n) is 8.39. The lowest BCUT2D eigenvalue weighted by atomic mass is 10.1.